The molecule has 0 spiro atoms. The lowest BCUT2D eigenvalue weighted by Crippen LogP contribution is -2.37. The Hall–Kier alpha value is -1.96. The second-order valence-corrected chi connectivity index (χ2v) is 9.57. The van der Waals surface area contributed by atoms with Crippen molar-refractivity contribution in [3.05, 3.63) is 52.7 Å². The Morgan fingerprint density at radius 2 is 1.97 bits per heavy atom. The number of hydrogen-bond donors (Lipinski definition) is 1. The highest BCUT2D eigenvalue weighted by Crippen LogP contribution is 2.34. The molecule has 3 heterocycles. The number of nitrogens with one attached hydrogen (secondary N) is 1. The number of thiophene rings is 1. The summed E-state index contributed by atoms with van der Waals surface area (Å²) in [6, 6.07) is 10.7. The first-order valence-corrected chi connectivity index (χ1v) is 11.8. The number of rotatable bonds is 7. The van der Waals surface area contributed by atoms with Gasteiger partial charge in [-0.3, -0.25) is 9.69 Å². The molecule has 1 aliphatic rings. The van der Waals surface area contributed by atoms with Gasteiger partial charge >= 0.3 is 0 Å². The van der Waals surface area contributed by atoms with E-state index in [0.717, 1.165) is 28.3 Å². The number of carbonyl (C=O) groups excluding carboxylic acids is 1. The van der Waals surface area contributed by atoms with Crippen LogP contribution in [0, 0.1) is 13.8 Å². The fourth-order valence-electron chi connectivity index (χ4n) is 3.84. The van der Waals surface area contributed by atoms with Crippen LogP contribution in [0.1, 0.15) is 34.9 Å². The van der Waals surface area contributed by atoms with E-state index in [1.807, 2.05) is 6.07 Å². The van der Waals surface area contributed by atoms with Gasteiger partial charge in [-0.15, -0.1) is 11.3 Å². The topological polar surface area (TPSA) is 58.1 Å². The standard InChI is InChI=1S/C22H26N4OS2/c1-15-16(2)29-22-20(15)21(24-14-25-22)28-13-19(27)23-12-18(26-10-6-7-11-26)17-8-4-3-5-9-17/h3-5,8-9,14,18H,6-7,10-13H2,1-2H3,(H,23,27). The van der Waals surface area contributed by atoms with Gasteiger partial charge in [0.2, 0.25) is 5.91 Å². The minimum atomic E-state index is 0.0477. The lowest BCUT2D eigenvalue weighted by atomic mass is 10.1. The van der Waals surface area contributed by atoms with Crippen molar-refractivity contribution in [1.82, 2.24) is 20.2 Å². The third-order valence-electron chi connectivity index (χ3n) is 5.53. The maximum atomic E-state index is 12.6. The molecule has 0 radical (unpaired) electrons. The molecule has 1 aromatic carbocycles. The number of fused-ring (bicyclic) bond motifs is 1. The van der Waals surface area contributed by atoms with Crippen LogP contribution in [0.25, 0.3) is 10.2 Å². The predicted molar refractivity (Wildman–Crippen MR) is 121 cm³/mol. The third-order valence-corrected chi connectivity index (χ3v) is 7.63. The molecule has 0 saturated carbocycles. The summed E-state index contributed by atoms with van der Waals surface area (Å²) in [4.78, 5) is 26.1. The number of thioether (sulfide) groups is 1. The molecule has 5 nitrogen and oxygen atoms in total. The number of amides is 1. The normalized spacial score (nSPS) is 15.7. The zero-order chi connectivity index (χ0) is 20.2. The molecule has 1 amide bonds. The van der Waals surface area contributed by atoms with Gasteiger partial charge in [-0.2, -0.15) is 0 Å². The third kappa shape index (κ3) is 4.63. The van der Waals surface area contributed by atoms with Crippen molar-refractivity contribution >= 4 is 39.2 Å². The van der Waals surface area contributed by atoms with Crippen molar-refractivity contribution in [2.24, 2.45) is 0 Å². The first-order valence-electron chi connectivity index (χ1n) is 10.0. The van der Waals surface area contributed by atoms with Crippen molar-refractivity contribution in [3.8, 4) is 0 Å². The van der Waals surface area contributed by atoms with Gasteiger partial charge in [0.05, 0.1) is 11.8 Å². The van der Waals surface area contributed by atoms with Crippen molar-refractivity contribution in [3.63, 3.8) is 0 Å². The van der Waals surface area contributed by atoms with Crippen LogP contribution in [0.2, 0.25) is 0 Å². The van der Waals surface area contributed by atoms with Crippen LogP contribution in [-0.4, -0.2) is 46.2 Å². The second kappa shape index (κ2) is 9.24. The lowest BCUT2D eigenvalue weighted by Gasteiger charge is -2.28. The molecule has 1 atom stereocenters. The average molecular weight is 427 g/mol. The molecule has 1 saturated heterocycles. The summed E-state index contributed by atoms with van der Waals surface area (Å²) in [5.41, 5.74) is 2.48. The zero-order valence-electron chi connectivity index (χ0n) is 16.9. The van der Waals surface area contributed by atoms with Gasteiger partial charge < -0.3 is 5.32 Å². The summed E-state index contributed by atoms with van der Waals surface area (Å²) in [6.07, 6.45) is 4.06. The molecule has 3 aromatic rings. The molecule has 29 heavy (non-hydrogen) atoms. The van der Waals surface area contributed by atoms with Crippen LogP contribution < -0.4 is 5.32 Å². The molecule has 0 aliphatic carbocycles. The Morgan fingerprint density at radius 3 is 2.72 bits per heavy atom. The molecule has 1 unspecified atom stereocenters. The van der Waals surface area contributed by atoms with Crippen LogP contribution >= 0.6 is 23.1 Å². The Morgan fingerprint density at radius 1 is 1.21 bits per heavy atom. The van der Waals surface area contributed by atoms with E-state index in [-0.39, 0.29) is 11.9 Å². The molecule has 7 heteroatoms. The van der Waals surface area contributed by atoms with Crippen LogP contribution in [0.15, 0.2) is 41.7 Å². The lowest BCUT2D eigenvalue weighted by molar-refractivity contribution is -0.118. The van der Waals surface area contributed by atoms with Crippen molar-refractivity contribution in [2.45, 2.75) is 37.8 Å². The smallest absolute Gasteiger partial charge is 0.230 e. The van der Waals surface area contributed by atoms with Gasteiger partial charge in [0, 0.05) is 16.8 Å². The number of benzene rings is 1. The van der Waals surface area contributed by atoms with E-state index in [2.05, 4.69) is 58.3 Å². The van der Waals surface area contributed by atoms with Crippen LogP contribution in [0.4, 0.5) is 0 Å². The van der Waals surface area contributed by atoms with Crippen LogP contribution in [-0.2, 0) is 4.79 Å². The highest BCUT2D eigenvalue weighted by molar-refractivity contribution is 8.00. The Labute approximate surface area is 179 Å². The summed E-state index contributed by atoms with van der Waals surface area (Å²) < 4.78 is 0. The number of likely N-dealkylation sites (tertiary alicyclic amines) is 1. The van der Waals surface area contributed by atoms with Gasteiger partial charge in [-0.05, 0) is 50.9 Å². The molecular formula is C22H26N4OS2. The number of carbonyl (C=O) groups is 1. The van der Waals surface area contributed by atoms with Crippen molar-refractivity contribution in [1.29, 1.82) is 0 Å². The molecule has 4 rings (SSSR count). The van der Waals surface area contributed by atoms with Crippen LogP contribution in [0.3, 0.4) is 0 Å². The Balaban J connectivity index is 1.39. The molecule has 152 valence electrons. The summed E-state index contributed by atoms with van der Waals surface area (Å²) >= 11 is 3.18. The number of aromatic nitrogens is 2. The molecule has 1 fully saturated rings. The maximum Gasteiger partial charge on any atom is 0.230 e. The quantitative estimate of drug-likeness (QED) is 0.449. The van der Waals surface area contributed by atoms with Gasteiger partial charge in [0.15, 0.2) is 0 Å². The second-order valence-electron chi connectivity index (χ2n) is 7.40. The largest absolute Gasteiger partial charge is 0.353 e. The molecule has 1 N–H and O–H groups in total. The molecule has 2 aromatic heterocycles. The first-order chi connectivity index (χ1) is 14.1. The van der Waals surface area contributed by atoms with Crippen molar-refractivity contribution in [2.75, 3.05) is 25.4 Å². The van der Waals surface area contributed by atoms with Gasteiger partial charge in [-0.25, -0.2) is 9.97 Å². The van der Waals surface area contributed by atoms with Gasteiger partial charge in [0.25, 0.3) is 0 Å². The number of nitrogens with zero attached hydrogens (tertiary/aromatic N) is 3. The van der Waals surface area contributed by atoms with E-state index in [4.69, 9.17) is 0 Å². The minimum Gasteiger partial charge on any atom is -0.353 e. The first kappa shape index (κ1) is 20.3. The van der Waals surface area contributed by atoms with E-state index in [9.17, 15) is 4.79 Å². The number of aryl methyl sites for hydroxylation is 2. The predicted octanol–water partition coefficient (Wildman–Crippen LogP) is 4.35. The molecule has 1 aliphatic heterocycles. The summed E-state index contributed by atoms with van der Waals surface area (Å²) in [5.74, 6) is 0.411. The summed E-state index contributed by atoms with van der Waals surface area (Å²) in [6.45, 7) is 7.03. The van der Waals surface area contributed by atoms with Crippen molar-refractivity contribution < 1.29 is 4.79 Å². The van der Waals surface area contributed by atoms with E-state index in [0.29, 0.717) is 12.3 Å². The van der Waals surface area contributed by atoms with E-state index in [1.165, 1.54) is 40.6 Å². The summed E-state index contributed by atoms with van der Waals surface area (Å²) in [7, 11) is 0. The van der Waals surface area contributed by atoms with E-state index < -0.39 is 0 Å². The molecular weight excluding hydrogens is 400 g/mol. The minimum absolute atomic E-state index is 0.0477. The summed E-state index contributed by atoms with van der Waals surface area (Å²) in [5, 5.41) is 5.14. The van der Waals surface area contributed by atoms with E-state index >= 15 is 0 Å². The highest BCUT2D eigenvalue weighted by Gasteiger charge is 2.24. The fourth-order valence-corrected chi connectivity index (χ4v) is 5.79. The van der Waals surface area contributed by atoms with E-state index in [1.54, 1.807) is 17.7 Å². The monoisotopic (exact) mass is 426 g/mol. The van der Waals surface area contributed by atoms with Gasteiger partial charge in [-0.1, -0.05) is 42.1 Å². The average Bonchev–Trinajstić information content (AvgIpc) is 3.36. The molecule has 0 bridgehead atoms. The Bertz CT molecular complexity index is 983. The highest BCUT2D eigenvalue weighted by atomic mass is 32.2. The number of hydrogen-bond acceptors (Lipinski definition) is 6. The van der Waals surface area contributed by atoms with Gasteiger partial charge in [0.1, 0.15) is 16.2 Å². The Kier molecular flexibility index (Phi) is 6.47. The maximum absolute atomic E-state index is 12.6. The van der Waals surface area contributed by atoms with Crippen LogP contribution in [0.5, 0.6) is 0 Å². The zero-order valence-corrected chi connectivity index (χ0v) is 18.5. The SMILES string of the molecule is Cc1sc2ncnc(SCC(=O)NCC(c3ccccc3)N3CCCC3)c2c1C. The fraction of sp³-hybridized carbons (Fsp3) is 0.409.